The van der Waals surface area contributed by atoms with Crippen LogP contribution in [-0.2, 0) is 4.74 Å². The first kappa shape index (κ1) is 16.3. The van der Waals surface area contributed by atoms with E-state index >= 15 is 0 Å². The summed E-state index contributed by atoms with van der Waals surface area (Å²) in [6.07, 6.45) is 5.42. The van der Waals surface area contributed by atoms with Crippen LogP contribution in [0.15, 0.2) is 43.0 Å². The third-order valence-corrected chi connectivity index (χ3v) is 4.51. The average Bonchev–Trinajstić information content (AvgIpc) is 3.16. The molecule has 0 N–H and O–H groups in total. The van der Waals surface area contributed by atoms with Gasteiger partial charge in [-0.2, -0.15) is 0 Å². The summed E-state index contributed by atoms with van der Waals surface area (Å²) in [6, 6.07) is 7.63. The largest absolute Gasteiger partial charge is 0.476 e. The maximum Gasteiger partial charge on any atom is 0.215 e. The fraction of sp³-hybridized carbons (Fsp3) is 0.333. The molecule has 0 spiro atoms. The maximum absolute atomic E-state index is 6.14. The number of hydrogen-bond acceptors (Lipinski definition) is 5. The van der Waals surface area contributed by atoms with Crippen LogP contribution in [0.4, 0.5) is 0 Å². The molecular formula is C18H19ClN4O2. The summed E-state index contributed by atoms with van der Waals surface area (Å²) in [6.45, 7) is 4.92. The molecule has 3 aromatic rings. The van der Waals surface area contributed by atoms with Gasteiger partial charge in [0.25, 0.3) is 0 Å². The molecule has 0 bridgehead atoms. The molecule has 0 atom stereocenters. The second kappa shape index (κ2) is 7.39. The number of morpholine rings is 1. The summed E-state index contributed by atoms with van der Waals surface area (Å²) in [5, 5.41) is 1.66. The van der Waals surface area contributed by atoms with Crippen molar-refractivity contribution in [2.45, 2.75) is 0 Å². The van der Waals surface area contributed by atoms with Gasteiger partial charge in [0.05, 0.1) is 30.7 Å². The van der Waals surface area contributed by atoms with Crippen LogP contribution in [0, 0.1) is 0 Å². The molecule has 0 unspecified atom stereocenters. The van der Waals surface area contributed by atoms with E-state index in [1.54, 1.807) is 12.5 Å². The number of fused-ring (bicyclic) bond motifs is 1. The van der Waals surface area contributed by atoms with Crippen molar-refractivity contribution < 1.29 is 9.47 Å². The summed E-state index contributed by atoms with van der Waals surface area (Å²) in [7, 11) is 0. The van der Waals surface area contributed by atoms with E-state index in [4.69, 9.17) is 21.1 Å². The first-order valence-electron chi connectivity index (χ1n) is 8.31. The molecular weight excluding hydrogens is 340 g/mol. The van der Waals surface area contributed by atoms with E-state index in [0.717, 1.165) is 49.4 Å². The fourth-order valence-electron chi connectivity index (χ4n) is 2.95. The van der Waals surface area contributed by atoms with Crippen LogP contribution in [0.2, 0.25) is 5.02 Å². The van der Waals surface area contributed by atoms with Gasteiger partial charge in [-0.25, -0.2) is 9.97 Å². The first-order chi connectivity index (χ1) is 12.3. The standard InChI is InChI=1S/C18H19ClN4O2/c19-14-1-2-15-16(11-14)21-18(12-17(15)23-4-3-20-13-23)25-10-7-22-5-8-24-9-6-22/h1-4,11-13H,5-10H2. The lowest BCUT2D eigenvalue weighted by Gasteiger charge is -2.26. The number of imidazole rings is 1. The zero-order valence-corrected chi connectivity index (χ0v) is 14.5. The van der Waals surface area contributed by atoms with Crippen molar-refractivity contribution in [3.63, 3.8) is 0 Å². The number of nitrogens with zero attached hydrogens (tertiary/aromatic N) is 4. The van der Waals surface area contributed by atoms with Crippen molar-refractivity contribution in [2.24, 2.45) is 0 Å². The average molecular weight is 359 g/mol. The highest BCUT2D eigenvalue weighted by atomic mass is 35.5. The maximum atomic E-state index is 6.14. The van der Waals surface area contributed by atoms with Crippen LogP contribution < -0.4 is 4.74 Å². The summed E-state index contributed by atoms with van der Waals surface area (Å²) in [5.41, 5.74) is 1.78. The Morgan fingerprint density at radius 2 is 2.08 bits per heavy atom. The number of benzene rings is 1. The smallest absolute Gasteiger partial charge is 0.215 e. The van der Waals surface area contributed by atoms with Crippen molar-refractivity contribution in [3.05, 3.63) is 48.0 Å². The van der Waals surface area contributed by atoms with Gasteiger partial charge in [-0.1, -0.05) is 11.6 Å². The fourth-order valence-corrected chi connectivity index (χ4v) is 3.12. The minimum absolute atomic E-state index is 0.586. The number of rotatable bonds is 5. The van der Waals surface area contributed by atoms with E-state index in [2.05, 4.69) is 14.9 Å². The lowest BCUT2D eigenvalue weighted by atomic mass is 10.2. The molecule has 1 aliphatic rings. The van der Waals surface area contributed by atoms with E-state index in [-0.39, 0.29) is 0 Å². The summed E-state index contributed by atoms with van der Waals surface area (Å²) >= 11 is 6.14. The Hall–Kier alpha value is -2.15. The van der Waals surface area contributed by atoms with Gasteiger partial charge in [0.2, 0.25) is 5.88 Å². The second-order valence-corrected chi connectivity index (χ2v) is 6.35. The third kappa shape index (κ3) is 3.76. The normalized spacial score (nSPS) is 15.6. The minimum atomic E-state index is 0.586. The molecule has 0 saturated carbocycles. The number of pyridine rings is 1. The van der Waals surface area contributed by atoms with E-state index < -0.39 is 0 Å². The Kier molecular flexibility index (Phi) is 4.83. The molecule has 7 heteroatoms. The molecule has 2 aromatic heterocycles. The van der Waals surface area contributed by atoms with Gasteiger partial charge in [-0.05, 0) is 18.2 Å². The number of hydrogen-bond donors (Lipinski definition) is 0. The first-order valence-corrected chi connectivity index (χ1v) is 8.69. The monoisotopic (exact) mass is 358 g/mol. The Bertz CT molecular complexity index is 848. The van der Waals surface area contributed by atoms with Crippen molar-refractivity contribution in [2.75, 3.05) is 39.5 Å². The molecule has 1 fully saturated rings. The van der Waals surface area contributed by atoms with Crippen LogP contribution in [0.25, 0.3) is 16.6 Å². The van der Waals surface area contributed by atoms with E-state index in [1.807, 2.05) is 35.0 Å². The predicted molar refractivity (Wildman–Crippen MR) is 96.6 cm³/mol. The van der Waals surface area contributed by atoms with E-state index in [0.29, 0.717) is 17.5 Å². The molecule has 0 aliphatic carbocycles. The summed E-state index contributed by atoms with van der Waals surface area (Å²) in [4.78, 5) is 11.1. The van der Waals surface area contributed by atoms with Gasteiger partial charge in [0, 0.05) is 48.5 Å². The van der Waals surface area contributed by atoms with E-state index in [1.165, 1.54) is 0 Å². The predicted octanol–water partition coefficient (Wildman–Crippen LogP) is 2.78. The Labute approximate surface area is 151 Å². The van der Waals surface area contributed by atoms with Gasteiger partial charge in [0.1, 0.15) is 6.61 Å². The Morgan fingerprint density at radius 1 is 1.20 bits per heavy atom. The molecule has 0 radical (unpaired) electrons. The van der Waals surface area contributed by atoms with Crippen LogP contribution in [0.5, 0.6) is 5.88 Å². The molecule has 1 aromatic carbocycles. The number of ether oxygens (including phenoxy) is 2. The molecule has 3 heterocycles. The molecule has 6 nitrogen and oxygen atoms in total. The molecule has 1 saturated heterocycles. The number of halogens is 1. The quantitative estimate of drug-likeness (QED) is 0.702. The molecule has 25 heavy (non-hydrogen) atoms. The lowest BCUT2D eigenvalue weighted by molar-refractivity contribution is 0.0320. The second-order valence-electron chi connectivity index (χ2n) is 5.91. The summed E-state index contributed by atoms with van der Waals surface area (Å²) < 4.78 is 13.2. The SMILES string of the molecule is Clc1ccc2c(-n3ccnc3)cc(OCCN3CCOCC3)nc2c1. The Balaban J connectivity index is 1.58. The van der Waals surface area contributed by atoms with Gasteiger partial charge in [0.15, 0.2) is 0 Å². The number of aromatic nitrogens is 3. The van der Waals surface area contributed by atoms with Crippen molar-refractivity contribution in [3.8, 4) is 11.6 Å². The van der Waals surface area contributed by atoms with Gasteiger partial charge >= 0.3 is 0 Å². The molecule has 0 amide bonds. The highest BCUT2D eigenvalue weighted by Gasteiger charge is 2.12. The van der Waals surface area contributed by atoms with Gasteiger partial charge in [-0.3, -0.25) is 4.90 Å². The molecule has 4 rings (SSSR count). The molecule has 130 valence electrons. The highest BCUT2D eigenvalue weighted by Crippen LogP contribution is 2.27. The van der Waals surface area contributed by atoms with Crippen LogP contribution in [0.1, 0.15) is 0 Å². The van der Waals surface area contributed by atoms with Crippen LogP contribution in [0.3, 0.4) is 0 Å². The third-order valence-electron chi connectivity index (χ3n) is 4.27. The minimum Gasteiger partial charge on any atom is -0.476 e. The van der Waals surface area contributed by atoms with Crippen molar-refractivity contribution in [1.29, 1.82) is 0 Å². The molecule has 1 aliphatic heterocycles. The van der Waals surface area contributed by atoms with Crippen molar-refractivity contribution in [1.82, 2.24) is 19.4 Å². The van der Waals surface area contributed by atoms with E-state index in [9.17, 15) is 0 Å². The lowest BCUT2D eigenvalue weighted by Crippen LogP contribution is -2.38. The zero-order chi connectivity index (χ0) is 17.1. The highest BCUT2D eigenvalue weighted by molar-refractivity contribution is 6.31. The van der Waals surface area contributed by atoms with Crippen LogP contribution in [-0.4, -0.2) is 58.9 Å². The Morgan fingerprint density at radius 3 is 2.88 bits per heavy atom. The topological polar surface area (TPSA) is 52.4 Å². The zero-order valence-electron chi connectivity index (χ0n) is 13.8. The van der Waals surface area contributed by atoms with Crippen molar-refractivity contribution >= 4 is 22.5 Å². The van der Waals surface area contributed by atoms with Crippen LogP contribution >= 0.6 is 11.6 Å². The summed E-state index contributed by atoms with van der Waals surface area (Å²) in [5.74, 6) is 0.590. The van der Waals surface area contributed by atoms with Gasteiger partial charge < -0.3 is 14.0 Å². The van der Waals surface area contributed by atoms with Gasteiger partial charge in [-0.15, -0.1) is 0 Å².